The van der Waals surface area contributed by atoms with E-state index in [1.807, 2.05) is 35.5 Å². The molecular weight excluding hydrogens is 305 g/mol. The Morgan fingerprint density at radius 3 is 2.65 bits per heavy atom. The van der Waals surface area contributed by atoms with Gasteiger partial charge >= 0.3 is 6.18 Å². The molecule has 0 saturated carbocycles. The zero-order valence-corrected chi connectivity index (χ0v) is 13.2. The van der Waals surface area contributed by atoms with Crippen LogP contribution in [-0.4, -0.2) is 38.1 Å². The fourth-order valence-corrected chi connectivity index (χ4v) is 3.70. The number of hydrogen-bond acceptors (Lipinski definition) is 3. The van der Waals surface area contributed by atoms with Gasteiger partial charge in [-0.25, -0.2) is 0 Å². The molecule has 0 amide bonds. The Hall–Kier alpha value is -1.56. The molecular formula is C17H20F3N2O. The summed E-state index contributed by atoms with van der Waals surface area (Å²) in [6.45, 7) is 3.46. The Morgan fingerprint density at radius 1 is 1.35 bits per heavy atom. The van der Waals surface area contributed by atoms with Gasteiger partial charge < -0.3 is 10.2 Å². The minimum Gasteiger partial charge on any atom is -0.369 e. The number of carbonyl (C=O) groups excluding carboxylic acids is 1. The monoisotopic (exact) mass is 325 g/mol. The molecule has 2 aliphatic rings. The molecule has 0 aliphatic carbocycles. The van der Waals surface area contributed by atoms with Crippen molar-refractivity contribution in [3.8, 4) is 0 Å². The Morgan fingerprint density at radius 2 is 2.04 bits per heavy atom. The maximum Gasteiger partial charge on any atom is 0.395 e. The zero-order valence-electron chi connectivity index (χ0n) is 13.2. The third-order valence-corrected chi connectivity index (χ3v) is 5.09. The van der Waals surface area contributed by atoms with Gasteiger partial charge in [-0.2, -0.15) is 13.2 Å². The van der Waals surface area contributed by atoms with E-state index in [0.717, 1.165) is 11.3 Å². The summed E-state index contributed by atoms with van der Waals surface area (Å²) in [6.07, 6.45) is -1.71. The molecule has 1 N–H and O–H groups in total. The molecule has 0 bridgehead atoms. The van der Waals surface area contributed by atoms with Gasteiger partial charge in [0.05, 0.1) is 11.5 Å². The lowest BCUT2D eigenvalue weighted by atomic mass is 9.80. The molecule has 3 rings (SSSR count). The number of alkyl halides is 3. The van der Waals surface area contributed by atoms with Gasteiger partial charge in [0.2, 0.25) is 6.29 Å². The van der Waals surface area contributed by atoms with E-state index in [1.165, 1.54) is 13.8 Å². The van der Waals surface area contributed by atoms with Crippen LogP contribution in [0.4, 0.5) is 18.9 Å². The van der Waals surface area contributed by atoms with Crippen molar-refractivity contribution in [1.29, 1.82) is 0 Å². The average Bonchev–Trinajstić information content (AvgIpc) is 3.01. The third kappa shape index (κ3) is 2.63. The lowest BCUT2D eigenvalue weighted by molar-refractivity contribution is -0.207. The van der Waals surface area contributed by atoms with E-state index in [1.54, 1.807) is 0 Å². The number of halogens is 3. The summed E-state index contributed by atoms with van der Waals surface area (Å²) in [5.41, 5.74) is -0.227. The molecule has 2 unspecified atom stereocenters. The van der Waals surface area contributed by atoms with Crippen LogP contribution in [0.2, 0.25) is 0 Å². The summed E-state index contributed by atoms with van der Waals surface area (Å²) in [5.74, 6) is 0. The van der Waals surface area contributed by atoms with Crippen molar-refractivity contribution in [2.75, 3.05) is 24.5 Å². The van der Waals surface area contributed by atoms with E-state index < -0.39 is 11.6 Å². The highest BCUT2D eigenvalue weighted by atomic mass is 19.4. The molecule has 23 heavy (non-hydrogen) atoms. The van der Waals surface area contributed by atoms with E-state index in [4.69, 9.17) is 0 Å². The summed E-state index contributed by atoms with van der Waals surface area (Å²) in [6, 6.07) is 7.23. The predicted molar refractivity (Wildman–Crippen MR) is 82.3 cm³/mol. The Labute approximate surface area is 133 Å². The quantitative estimate of drug-likeness (QED) is 0.927. The second-order valence-corrected chi connectivity index (χ2v) is 7.29. The van der Waals surface area contributed by atoms with Crippen LogP contribution >= 0.6 is 0 Å². The van der Waals surface area contributed by atoms with Crippen molar-refractivity contribution in [2.24, 2.45) is 5.41 Å². The van der Waals surface area contributed by atoms with Crippen molar-refractivity contribution < 1.29 is 18.0 Å². The first-order chi connectivity index (χ1) is 10.7. The number of rotatable bonds is 3. The van der Waals surface area contributed by atoms with Crippen molar-refractivity contribution >= 4 is 12.0 Å². The normalized spacial score (nSPS) is 27.5. The Balaban J connectivity index is 1.92. The highest BCUT2D eigenvalue weighted by Gasteiger charge is 2.52. The summed E-state index contributed by atoms with van der Waals surface area (Å²) in [7, 11) is 0. The zero-order chi connectivity index (χ0) is 16.9. The van der Waals surface area contributed by atoms with E-state index in [-0.39, 0.29) is 18.0 Å². The van der Waals surface area contributed by atoms with Gasteiger partial charge in [-0.1, -0.05) is 18.2 Å². The van der Waals surface area contributed by atoms with Gasteiger partial charge in [0.1, 0.15) is 0 Å². The van der Waals surface area contributed by atoms with Crippen LogP contribution in [0.15, 0.2) is 24.3 Å². The van der Waals surface area contributed by atoms with Crippen LogP contribution in [0.25, 0.3) is 0 Å². The van der Waals surface area contributed by atoms with Crippen LogP contribution in [0.1, 0.15) is 25.8 Å². The molecule has 6 heteroatoms. The number of hydrogen-bond donors (Lipinski definition) is 1. The van der Waals surface area contributed by atoms with Crippen LogP contribution < -0.4 is 10.2 Å². The molecule has 0 aromatic heterocycles. The van der Waals surface area contributed by atoms with Gasteiger partial charge in [0.15, 0.2) is 0 Å². The van der Waals surface area contributed by atoms with Gasteiger partial charge in [-0.15, -0.1) is 0 Å². The van der Waals surface area contributed by atoms with Crippen molar-refractivity contribution in [3.63, 3.8) is 0 Å². The standard InChI is InChI=1S/C17H20F3N2O/c1-15(2,17(18,19)20)10-22-11-16(7-12(8-23)21-9-16)13-5-3-4-6-14(13)22/h3-6,12,21H,7,9-11H2,1-2H3. The molecule has 3 nitrogen and oxygen atoms in total. The number of para-hydroxylation sites is 1. The smallest absolute Gasteiger partial charge is 0.369 e. The first-order valence-corrected chi connectivity index (χ1v) is 7.71. The molecule has 1 radical (unpaired) electrons. The number of nitrogens with one attached hydrogen (secondary N) is 1. The maximum absolute atomic E-state index is 13.3. The van der Waals surface area contributed by atoms with Gasteiger partial charge in [-0.3, -0.25) is 4.79 Å². The first kappa shape index (κ1) is 16.3. The SMILES string of the molecule is CC(C)(CN1CC2(CNC([C]=O)C2)c2ccccc21)C(F)(F)F. The number of nitrogens with zero attached hydrogens (tertiary/aromatic N) is 1. The van der Waals surface area contributed by atoms with E-state index in [0.29, 0.717) is 19.5 Å². The minimum absolute atomic E-state index is 0.0925. The summed E-state index contributed by atoms with van der Waals surface area (Å²) in [4.78, 5) is 12.8. The fourth-order valence-electron chi connectivity index (χ4n) is 3.70. The largest absolute Gasteiger partial charge is 0.395 e. The fraction of sp³-hybridized carbons (Fsp3) is 0.588. The molecule has 1 fully saturated rings. The molecule has 2 heterocycles. The lowest BCUT2D eigenvalue weighted by Crippen LogP contribution is -2.45. The number of benzene rings is 1. The molecule has 1 aromatic rings. The van der Waals surface area contributed by atoms with Crippen molar-refractivity contribution in [2.45, 2.75) is 37.9 Å². The molecule has 1 spiro atoms. The molecule has 2 aliphatic heterocycles. The van der Waals surface area contributed by atoms with Crippen LogP contribution in [0.3, 0.4) is 0 Å². The first-order valence-electron chi connectivity index (χ1n) is 7.71. The molecule has 125 valence electrons. The van der Waals surface area contributed by atoms with Gasteiger partial charge in [-0.05, 0) is 31.9 Å². The Kier molecular flexibility index (Phi) is 3.71. The Bertz CT molecular complexity index is 614. The number of anilines is 1. The van der Waals surface area contributed by atoms with E-state index in [2.05, 4.69) is 5.32 Å². The second-order valence-electron chi connectivity index (χ2n) is 7.29. The highest BCUT2D eigenvalue weighted by molar-refractivity contribution is 5.67. The van der Waals surface area contributed by atoms with Crippen molar-refractivity contribution in [1.82, 2.24) is 5.32 Å². The minimum atomic E-state index is -4.26. The van der Waals surface area contributed by atoms with E-state index in [9.17, 15) is 18.0 Å². The van der Waals surface area contributed by atoms with E-state index >= 15 is 0 Å². The average molecular weight is 325 g/mol. The number of fused-ring (bicyclic) bond motifs is 2. The van der Waals surface area contributed by atoms with Crippen LogP contribution in [0, 0.1) is 5.41 Å². The molecule has 2 atom stereocenters. The van der Waals surface area contributed by atoms with Crippen LogP contribution in [0.5, 0.6) is 0 Å². The molecule has 1 saturated heterocycles. The van der Waals surface area contributed by atoms with Gasteiger partial charge in [0.25, 0.3) is 0 Å². The van der Waals surface area contributed by atoms with Crippen molar-refractivity contribution in [3.05, 3.63) is 29.8 Å². The summed E-state index contributed by atoms with van der Waals surface area (Å²) in [5, 5.41) is 3.12. The molecule has 1 aromatic carbocycles. The van der Waals surface area contributed by atoms with Gasteiger partial charge in [0, 0.05) is 30.7 Å². The summed E-state index contributed by atoms with van der Waals surface area (Å²) >= 11 is 0. The topological polar surface area (TPSA) is 32.3 Å². The maximum atomic E-state index is 13.3. The summed E-state index contributed by atoms with van der Waals surface area (Å²) < 4.78 is 39.8. The predicted octanol–water partition coefficient (Wildman–Crippen LogP) is 2.80. The third-order valence-electron chi connectivity index (χ3n) is 5.09. The highest BCUT2D eigenvalue weighted by Crippen LogP contribution is 2.48. The second kappa shape index (κ2) is 5.23. The van der Waals surface area contributed by atoms with Crippen LogP contribution in [-0.2, 0) is 10.2 Å². The lowest BCUT2D eigenvalue weighted by Gasteiger charge is -2.34.